The third kappa shape index (κ3) is 2.94. The highest BCUT2D eigenvalue weighted by atomic mass is 35.5. The van der Waals surface area contributed by atoms with Crippen LogP contribution in [0.5, 0.6) is 5.75 Å². The van der Waals surface area contributed by atoms with E-state index in [0.717, 1.165) is 0 Å². The molecule has 1 aromatic heterocycles. The van der Waals surface area contributed by atoms with Gasteiger partial charge in [-0.25, -0.2) is 4.98 Å². The van der Waals surface area contributed by atoms with Gasteiger partial charge in [0.05, 0.1) is 10.9 Å². The summed E-state index contributed by atoms with van der Waals surface area (Å²) in [5, 5.41) is 13.7. The molecule has 0 atom stereocenters. The normalized spacial score (nSPS) is 10.8. The zero-order chi connectivity index (χ0) is 15.0. The summed E-state index contributed by atoms with van der Waals surface area (Å²) in [5.41, 5.74) is 0.667. The van der Waals surface area contributed by atoms with Gasteiger partial charge in [0, 0.05) is 21.8 Å². The summed E-state index contributed by atoms with van der Waals surface area (Å²) in [6.45, 7) is 0. The number of benzene rings is 2. The van der Waals surface area contributed by atoms with Gasteiger partial charge in [0.2, 0.25) is 5.95 Å². The van der Waals surface area contributed by atoms with E-state index in [-0.39, 0.29) is 17.3 Å². The van der Waals surface area contributed by atoms with Crippen LogP contribution in [-0.4, -0.2) is 15.1 Å². The molecule has 0 radical (unpaired) electrons. The van der Waals surface area contributed by atoms with E-state index < -0.39 is 0 Å². The fourth-order valence-electron chi connectivity index (χ4n) is 1.95. The standard InChI is InChI=1S/C14H9Cl2N3O2/c15-7-3-8(16)5-9(4-7)17-14-18-12-6-10(20)1-2-11(12)13(21)19-14/h1-6,20H,(H2,17,18,19,21). The Balaban J connectivity index is 2.06. The fourth-order valence-corrected chi connectivity index (χ4v) is 2.48. The molecular formula is C14H9Cl2N3O2. The van der Waals surface area contributed by atoms with Crippen LogP contribution in [0, 0.1) is 0 Å². The molecule has 3 N–H and O–H groups in total. The van der Waals surface area contributed by atoms with Gasteiger partial charge in [-0.3, -0.25) is 9.78 Å². The first-order chi connectivity index (χ1) is 10.0. The van der Waals surface area contributed by atoms with Gasteiger partial charge in [0.1, 0.15) is 5.75 Å². The number of hydrogen-bond donors (Lipinski definition) is 3. The quantitative estimate of drug-likeness (QED) is 0.672. The van der Waals surface area contributed by atoms with E-state index >= 15 is 0 Å². The number of phenols is 1. The predicted octanol–water partition coefficient (Wildman–Crippen LogP) is 3.68. The van der Waals surface area contributed by atoms with Crippen molar-refractivity contribution in [2.75, 3.05) is 5.32 Å². The van der Waals surface area contributed by atoms with Gasteiger partial charge in [-0.05, 0) is 30.3 Å². The third-order valence-corrected chi connectivity index (χ3v) is 3.25. The number of nitrogens with zero attached hydrogens (tertiary/aromatic N) is 1. The molecule has 0 fully saturated rings. The molecule has 3 aromatic rings. The minimum atomic E-state index is -0.310. The summed E-state index contributed by atoms with van der Waals surface area (Å²) in [6, 6.07) is 9.27. The molecule has 0 saturated carbocycles. The topological polar surface area (TPSA) is 78.0 Å². The molecule has 2 aromatic carbocycles. The molecule has 106 valence electrons. The van der Waals surface area contributed by atoms with Gasteiger partial charge in [-0.2, -0.15) is 0 Å². The molecule has 1 heterocycles. The Bertz CT molecular complexity index is 873. The van der Waals surface area contributed by atoms with Crippen molar-refractivity contribution in [3.63, 3.8) is 0 Å². The van der Waals surface area contributed by atoms with E-state index in [9.17, 15) is 9.90 Å². The number of anilines is 2. The monoisotopic (exact) mass is 321 g/mol. The molecule has 0 spiro atoms. The molecule has 0 amide bonds. The van der Waals surface area contributed by atoms with Gasteiger partial charge in [-0.15, -0.1) is 0 Å². The van der Waals surface area contributed by atoms with E-state index in [1.54, 1.807) is 18.2 Å². The Morgan fingerprint density at radius 3 is 2.52 bits per heavy atom. The van der Waals surface area contributed by atoms with Crippen LogP contribution in [0.1, 0.15) is 0 Å². The van der Waals surface area contributed by atoms with Gasteiger partial charge >= 0.3 is 0 Å². The molecule has 21 heavy (non-hydrogen) atoms. The highest BCUT2D eigenvalue weighted by Gasteiger charge is 2.06. The third-order valence-electron chi connectivity index (χ3n) is 2.82. The zero-order valence-electron chi connectivity index (χ0n) is 10.5. The van der Waals surface area contributed by atoms with Crippen molar-refractivity contribution in [2.45, 2.75) is 0 Å². The van der Waals surface area contributed by atoms with E-state index in [1.807, 2.05) is 0 Å². The van der Waals surface area contributed by atoms with E-state index in [2.05, 4.69) is 15.3 Å². The second-order valence-electron chi connectivity index (χ2n) is 4.40. The van der Waals surface area contributed by atoms with Gasteiger partial charge < -0.3 is 10.4 Å². The number of aromatic nitrogens is 2. The summed E-state index contributed by atoms with van der Waals surface area (Å²) >= 11 is 11.8. The highest BCUT2D eigenvalue weighted by Crippen LogP contribution is 2.24. The molecule has 7 heteroatoms. The Kier molecular flexibility index (Phi) is 3.45. The summed E-state index contributed by atoms with van der Waals surface area (Å²) in [4.78, 5) is 18.8. The maximum Gasteiger partial charge on any atom is 0.260 e. The number of phenolic OH excluding ortho intramolecular Hbond substituents is 1. The fraction of sp³-hybridized carbons (Fsp3) is 0. The lowest BCUT2D eigenvalue weighted by Gasteiger charge is -2.07. The SMILES string of the molecule is O=c1[nH]c(Nc2cc(Cl)cc(Cl)c2)nc2cc(O)ccc12. The number of nitrogens with one attached hydrogen (secondary N) is 2. The molecule has 0 unspecified atom stereocenters. The van der Waals surface area contributed by atoms with Crippen molar-refractivity contribution in [1.82, 2.24) is 9.97 Å². The molecule has 0 aliphatic carbocycles. The number of aromatic hydroxyl groups is 1. The summed E-state index contributed by atoms with van der Waals surface area (Å²) in [7, 11) is 0. The average molecular weight is 322 g/mol. The van der Waals surface area contributed by atoms with Crippen LogP contribution in [0.2, 0.25) is 10.0 Å². The van der Waals surface area contributed by atoms with Crippen LogP contribution in [0.4, 0.5) is 11.6 Å². The lowest BCUT2D eigenvalue weighted by molar-refractivity contribution is 0.476. The summed E-state index contributed by atoms with van der Waals surface area (Å²) < 4.78 is 0. The molecule has 0 aliphatic heterocycles. The summed E-state index contributed by atoms with van der Waals surface area (Å²) in [5.74, 6) is 0.272. The average Bonchev–Trinajstić information content (AvgIpc) is 2.36. The van der Waals surface area contributed by atoms with E-state index in [1.165, 1.54) is 18.2 Å². The number of halogens is 2. The Morgan fingerprint density at radius 2 is 1.81 bits per heavy atom. The Morgan fingerprint density at radius 1 is 1.10 bits per heavy atom. The first-order valence-corrected chi connectivity index (χ1v) is 6.73. The maximum absolute atomic E-state index is 12.0. The van der Waals surface area contributed by atoms with Gasteiger partial charge in [-0.1, -0.05) is 23.2 Å². The molecule has 0 bridgehead atoms. The molecule has 3 rings (SSSR count). The Labute approximate surface area is 129 Å². The molecule has 0 aliphatic rings. The van der Waals surface area contributed by atoms with E-state index in [0.29, 0.717) is 26.6 Å². The lowest BCUT2D eigenvalue weighted by atomic mass is 10.2. The summed E-state index contributed by atoms with van der Waals surface area (Å²) in [6.07, 6.45) is 0. The van der Waals surface area contributed by atoms with Crippen LogP contribution in [-0.2, 0) is 0 Å². The number of H-pyrrole nitrogens is 1. The van der Waals surface area contributed by atoms with Crippen LogP contribution < -0.4 is 10.9 Å². The second kappa shape index (κ2) is 5.27. The predicted molar refractivity (Wildman–Crippen MR) is 83.8 cm³/mol. The molecule has 0 saturated heterocycles. The van der Waals surface area contributed by atoms with Gasteiger partial charge in [0.25, 0.3) is 5.56 Å². The van der Waals surface area contributed by atoms with Crippen LogP contribution >= 0.6 is 23.2 Å². The maximum atomic E-state index is 12.0. The van der Waals surface area contributed by atoms with Crippen molar-refractivity contribution in [3.8, 4) is 5.75 Å². The first-order valence-electron chi connectivity index (χ1n) is 5.97. The smallest absolute Gasteiger partial charge is 0.260 e. The van der Waals surface area contributed by atoms with Crippen molar-refractivity contribution in [2.24, 2.45) is 0 Å². The second-order valence-corrected chi connectivity index (χ2v) is 5.27. The highest BCUT2D eigenvalue weighted by molar-refractivity contribution is 6.35. The molecule has 5 nitrogen and oxygen atoms in total. The lowest BCUT2D eigenvalue weighted by Crippen LogP contribution is -2.11. The van der Waals surface area contributed by atoms with Crippen molar-refractivity contribution in [1.29, 1.82) is 0 Å². The number of hydrogen-bond acceptors (Lipinski definition) is 4. The van der Waals surface area contributed by atoms with Crippen molar-refractivity contribution in [3.05, 3.63) is 56.8 Å². The van der Waals surface area contributed by atoms with Gasteiger partial charge in [0.15, 0.2) is 0 Å². The van der Waals surface area contributed by atoms with Crippen LogP contribution in [0.25, 0.3) is 10.9 Å². The van der Waals surface area contributed by atoms with E-state index in [4.69, 9.17) is 23.2 Å². The van der Waals surface area contributed by atoms with Crippen molar-refractivity contribution < 1.29 is 5.11 Å². The minimum absolute atomic E-state index is 0.0392. The number of fused-ring (bicyclic) bond motifs is 1. The van der Waals surface area contributed by atoms with Crippen LogP contribution in [0.15, 0.2) is 41.2 Å². The van der Waals surface area contributed by atoms with Crippen LogP contribution in [0.3, 0.4) is 0 Å². The number of rotatable bonds is 2. The zero-order valence-corrected chi connectivity index (χ0v) is 12.0. The van der Waals surface area contributed by atoms with Crippen molar-refractivity contribution >= 4 is 45.7 Å². The largest absolute Gasteiger partial charge is 0.508 e. The minimum Gasteiger partial charge on any atom is -0.508 e. The first kappa shape index (κ1) is 13.7. The Hall–Kier alpha value is -2.24. The number of aromatic amines is 1. The molecular weight excluding hydrogens is 313 g/mol.